The Bertz CT molecular complexity index is 1020. The first-order valence-corrected chi connectivity index (χ1v) is 8.68. The molecule has 9 heteroatoms. The largest absolute Gasteiger partial charge is 0.449 e. The molecule has 1 aromatic heterocycles. The number of carbonyl (C=O) groups is 1. The van der Waals surface area contributed by atoms with Gasteiger partial charge in [-0.2, -0.15) is 13.2 Å². The maximum Gasteiger partial charge on any atom is 0.449 e. The molecule has 2 heterocycles. The predicted molar refractivity (Wildman–Crippen MR) is 95.6 cm³/mol. The number of carbonyl (C=O) groups excluding carboxylic acids is 1. The zero-order valence-corrected chi connectivity index (χ0v) is 14.6. The van der Waals surface area contributed by atoms with E-state index in [-0.39, 0.29) is 28.3 Å². The molecule has 3 aromatic rings. The molecule has 1 saturated heterocycles. The van der Waals surface area contributed by atoms with Crippen LogP contribution in [0.5, 0.6) is 0 Å². The minimum absolute atomic E-state index is 0.147. The second-order valence-electron chi connectivity index (χ2n) is 6.55. The lowest BCUT2D eigenvalue weighted by Gasteiger charge is -2.36. The van der Waals surface area contributed by atoms with Gasteiger partial charge in [0.05, 0.1) is 16.7 Å². The van der Waals surface area contributed by atoms with Gasteiger partial charge in [0.15, 0.2) is 0 Å². The smallest absolute Gasteiger partial charge is 0.366 e. The van der Waals surface area contributed by atoms with Crippen molar-refractivity contribution in [3.05, 3.63) is 59.7 Å². The summed E-state index contributed by atoms with van der Waals surface area (Å²) in [6, 6.07) is 10.7. The quantitative estimate of drug-likeness (QED) is 0.677. The third-order valence-corrected chi connectivity index (χ3v) is 4.76. The molecule has 2 aromatic carbocycles. The van der Waals surface area contributed by atoms with Gasteiger partial charge in [0, 0.05) is 31.7 Å². The van der Waals surface area contributed by atoms with E-state index < -0.39 is 12.0 Å². The summed E-state index contributed by atoms with van der Waals surface area (Å²) in [5.41, 5.74) is 1.08. The number of nitrogens with zero attached hydrogens (tertiary/aromatic N) is 3. The van der Waals surface area contributed by atoms with Crippen LogP contribution in [-0.4, -0.2) is 47.0 Å². The van der Waals surface area contributed by atoms with Crippen LogP contribution in [0.3, 0.4) is 0 Å². The van der Waals surface area contributed by atoms with Gasteiger partial charge in [-0.3, -0.25) is 4.79 Å². The number of benzene rings is 2. The van der Waals surface area contributed by atoms with Crippen LogP contribution in [0.25, 0.3) is 11.0 Å². The summed E-state index contributed by atoms with van der Waals surface area (Å²) in [5, 5.41) is 0. The van der Waals surface area contributed by atoms with Gasteiger partial charge in [0.1, 0.15) is 5.82 Å². The number of hydrogen-bond donors (Lipinski definition) is 1. The maximum atomic E-state index is 13.9. The van der Waals surface area contributed by atoms with Crippen LogP contribution in [0.2, 0.25) is 0 Å². The summed E-state index contributed by atoms with van der Waals surface area (Å²) in [6.07, 6.45) is -4.58. The highest BCUT2D eigenvalue weighted by atomic mass is 19.4. The lowest BCUT2D eigenvalue weighted by molar-refractivity contribution is -0.144. The molecule has 0 bridgehead atoms. The number of rotatable bonds is 2. The summed E-state index contributed by atoms with van der Waals surface area (Å²) in [5.74, 6) is -1.68. The number of piperazine rings is 1. The van der Waals surface area contributed by atoms with Crippen LogP contribution in [0.1, 0.15) is 16.2 Å². The van der Waals surface area contributed by atoms with Crippen molar-refractivity contribution in [1.82, 2.24) is 14.9 Å². The molecule has 0 aliphatic carbocycles. The molecule has 0 saturated carbocycles. The van der Waals surface area contributed by atoms with Gasteiger partial charge < -0.3 is 14.8 Å². The van der Waals surface area contributed by atoms with Gasteiger partial charge in [-0.15, -0.1) is 0 Å². The minimum atomic E-state index is -4.58. The Balaban J connectivity index is 1.49. The Morgan fingerprint density at radius 3 is 2.43 bits per heavy atom. The highest BCUT2D eigenvalue weighted by molar-refractivity contribution is 5.97. The summed E-state index contributed by atoms with van der Waals surface area (Å²) >= 11 is 0. The van der Waals surface area contributed by atoms with Gasteiger partial charge in [-0.05, 0) is 30.3 Å². The van der Waals surface area contributed by atoms with Gasteiger partial charge in [0.2, 0.25) is 5.82 Å². The summed E-state index contributed by atoms with van der Waals surface area (Å²) < 4.78 is 52.3. The van der Waals surface area contributed by atoms with E-state index in [4.69, 9.17) is 0 Å². The van der Waals surface area contributed by atoms with E-state index in [1.54, 1.807) is 23.1 Å². The Labute approximate surface area is 157 Å². The SMILES string of the molecule is O=C(c1ccc2nc(C(F)(F)F)[nH]c2c1)N1CCN(c2ccccc2F)CC1. The number of hydrogen-bond acceptors (Lipinski definition) is 3. The van der Waals surface area contributed by atoms with Crippen LogP contribution in [0, 0.1) is 5.82 Å². The number of anilines is 1. The topological polar surface area (TPSA) is 52.2 Å². The van der Waals surface area contributed by atoms with Crippen molar-refractivity contribution in [2.45, 2.75) is 6.18 Å². The molecule has 0 atom stereocenters. The average molecular weight is 392 g/mol. The first-order valence-electron chi connectivity index (χ1n) is 8.68. The molecule has 0 radical (unpaired) electrons. The van der Waals surface area contributed by atoms with E-state index in [0.29, 0.717) is 31.9 Å². The lowest BCUT2D eigenvalue weighted by Crippen LogP contribution is -2.49. The molecule has 0 spiro atoms. The third-order valence-electron chi connectivity index (χ3n) is 4.76. The number of amides is 1. The molecule has 1 amide bonds. The molecule has 1 N–H and O–H groups in total. The lowest BCUT2D eigenvalue weighted by atomic mass is 10.1. The zero-order valence-electron chi connectivity index (χ0n) is 14.6. The zero-order chi connectivity index (χ0) is 19.9. The van der Waals surface area contributed by atoms with Gasteiger partial charge in [-0.25, -0.2) is 9.37 Å². The molecule has 5 nitrogen and oxygen atoms in total. The predicted octanol–water partition coefficient (Wildman–Crippen LogP) is 3.68. The van der Waals surface area contributed by atoms with Crippen molar-refractivity contribution >= 4 is 22.6 Å². The van der Waals surface area contributed by atoms with Crippen molar-refractivity contribution in [1.29, 1.82) is 0 Å². The van der Waals surface area contributed by atoms with Crippen LogP contribution >= 0.6 is 0 Å². The number of imidazole rings is 1. The summed E-state index contributed by atoms with van der Waals surface area (Å²) in [7, 11) is 0. The first-order chi connectivity index (χ1) is 13.3. The standard InChI is InChI=1S/C19H16F4N4O/c20-13-3-1-2-4-16(13)26-7-9-27(10-8-26)17(28)12-5-6-14-15(11-12)25-18(24-14)19(21,22)23/h1-6,11H,7-10H2,(H,24,25). The van der Waals surface area contributed by atoms with E-state index in [1.807, 2.05) is 4.90 Å². The van der Waals surface area contributed by atoms with E-state index in [1.165, 1.54) is 24.3 Å². The molecule has 1 aliphatic heterocycles. The highest BCUT2D eigenvalue weighted by Crippen LogP contribution is 2.29. The number of aromatic amines is 1. The molecular weight excluding hydrogens is 376 g/mol. The number of para-hydroxylation sites is 1. The monoisotopic (exact) mass is 392 g/mol. The van der Waals surface area contributed by atoms with Crippen molar-refractivity contribution in [3.63, 3.8) is 0 Å². The number of alkyl halides is 3. The van der Waals surface area contributed by atoms with E-state index in [9.17, 15) is 22.4 Å². The number of H-pyrrole nitrogens is 1. The maximum absolute atomic E-state index is 13.9. The fourth-order valence-electron chi connectivity index (χ4n) is 3.32. The van der Waals surface area contributed by atoms with Crippen molar-refractivity contribution in [2.24, 2.45) is 0 Å². The van der Waals surface area contributed by atoms with Gasteiger partial charge in [0.25, 0.3) is 5.91 Å². The minimum Gasteiger partial charge on any atom is -0.366 e. The Kier molecular flexibility index (Phi) is 4.44. The molecular formula is C19H16F4N4O. The van der Waals surface area contributed by atoms with Crippen molar-refractivity contribution in [2.75, 3.05) is 31.1 Å². The van der Waals surface area contributed by atoms with E-state index in [0.717, 1.165) is 0 Å². The van der Waals surface area contributed by atoms with Gasteiger partial charge in [-0.1, -0.05) is 12.1 Å². The second-order valence-corrected chi connectivity index (χ2v) is 6.55. The Morgan fingerprint density at radius 1 is 1.04 bits per heavy atom. The molecule has 4 rings (SSSR count). The highest BCUT2D eigenvalue weighted by Gasteiger charge is 2.35. The average Bonchev–Trinajstić information content (AvgIpc) is 3.12. The normalized spacial score (nSPS) is 15.3. The van der Waals surface area contributed by atoms with Crippen LogP contribution in [0.15, 0.2) is 42.5 Å². The fraction of sp³-hybridized carbons (Fsp3) is 0.263. The second kappa shape index (κ2) is 6.81. The van der Waals surface area contributed by atoms with Crippen LogP contribution in [-0.2, 0) is 6.18 Å². The summed E-state index contributed by atoms with van der Waals surface area (Å²) in [4.78, 5) is 21.9. The van der Waals surface area contributed by atoms with E-state index >= 15 is 0 Å². The number of halogens is 4. The molecule has 1 aliphatic rings. The van der Waals surface area contributed by atoms with Gasteiger partial charge >= 0.3 is 6.18 Å². The van der Waals surface area contributed by atoms with Crippen LogP contribution < -0.4 is 4.90 Å². The Hall–Kier alpha value is -3.10. The number of nitrogens with one attached hydrogen (secondary N) is 1. The molecule has 1 fully saturated rings. The van der Waals surface area contributed by atoms with E-state index in [2.05, 4.69) is 9.97 Å². The number of fused-ring (bicyclic) bond motifs is 1. The van der Waals surface area contributed by atoms with Crippen LogP contribution in [0.4, 0.5) is 23.2 Å². The summed E-state index contributed by atoms with van der Waals surface area (Å²) in [6.45, 7) is 1.72. The molecule has 0 unspecified atom stereocenters. The third kappa shape index (κ3) is 3.39. The van der Waals surface area contributed by atoms with Crippen molar-refractivity contribution < 1.29 is 22.4 Å². The first kappa shape index (κ1) is 18.3. The van der Waals surface area contributed by atoms with Crippen molar-refractivity contribution in [3.8, 4) is 0 Å². The number of aromatic nitrogens is 2. The fourth-order valence-corrected chi connectivity index (χ4v) is 3.32. The molecule has 28 heavy (non-hydrogen) atoms. The Morgan fingerprint density at radius 2 is 1.75 bits per heavy atom. The molecule has 146 valence electrons.